The van der Waals surface area contributed by atoms with Crippen LogP contribution in [0.1, 0.15) is 37.9 Å². The fraction of sp³-hybridized carbons (Fsp3) is 0.643. The minimum Gasteiger partial charge on any atom is -0.390 e. The van der Waals surface area contributed by atoms with Crippen LogP contribution < -0.4 is 10.2 Å². The Bertz CT molecular complexity index is 460. The molecule has 0 aliphatic carbocycles. The lowest BCUT2D eigenvalue weighted by molar-refractivity contribution is -0.119. The Morgan fingerprint density at radius 2 is 1.95 bits per heavy atom. The number of carbonyl (C=O) groups is 1. The van der Waals surface area contributed by atoms with Gasteiger partial charge >= 0.3 is 0 Å². The molecule has 1 saturated heterocycles. The van der Waals surface area contributed by atoms with E-state index in [4.69, 9.17) is 0 Å². The first-order valence-electron chi connectivity index (χ1n) is 7.25. The summed E-state index contributed by atoms with van der Waals surface area (Å²) in [5.41, 5.74) is 0.480. The van der Waals surface area contributed by atoms with Gasteiger partial charge in [-0.15, -0.1) is 0 Å². The highest BCUT2D eigenvalue weighted by Crippen LogP contribution is 2.20. The zero-order valence-electron chi connectivity index (χ0n) is 12.2. The number of aliphatic hydroxyl groups excluding tert-OH is 2. The van der Waals surface area contributed by atoms with E-state index in [1.807, 2.05) is 0 Å². The van der Waals surface area contributed by atoms with E-state index in [9.17, 15) is 15.0 Å². The topological polar surface area (TPSA) is 98.6 Å². The highest BCUT2D eigenvalue weighted by Gasteiger charge is 2.20. The van der Waals surface area contributed by atoms with Gasteiger partial charge in [0.1, 0.15) is 6.10 Å². The van der Waals surface area contributed by atoms with Crippen molar-refractivity contribution in [3.63, 3.8) is 0 Å². The van der Waals surface area contributed by atoms with E-state index >= 15 is 0 Å². The molecule has 7 nitrogen and oxygen atoms in total. The zero-order valence-corrected chi connectivity index (χ0v) is 12.2. The molecule has 3 N–H and O–H groups in total. The van der Waals surface area contributed by atoms with Crippen LogP contribution in [-0.4, -0.2) is 51.8 Å². The molecule has 1 amide bonds. The van der Waals surface area contributed by atoms with E-state index in [0.29, 0.717) is 18.1 Å². The second-order valence-electron chi connectivity index (χ2n) is 5.29. The number of hydrogen-bond donors (Lipinski definition) is 3. The van der Waals surface area contributed by atoms with Gasteiger partial charge in [0, 0.05) is 44.5 Å². The molecule has 0 aromatic carbocycles. The molecular weight excluding hydrogens is 272 g/mol. The van der Waals surface area contributed by atoms with Gasteiger partial charge in [-0.2, -0.15) is 0 Å². The summed E-state index contributed by atoms with van der Waals surface area (Å²) in [5.74, 6) is 0.506. The lowest BCUT2D eigenvalue weighted by Gasteiger charge is -2.19. The Morgan fingerprint density at radius 1 is 1.33 bits per heavy atom. The summed E-state index contributed by atoms with van der Waals surface area (Å²) in [4.78, 5) is 21.3. The molecule has 0 radical (unpaired) electrons. The van der Waals surface area contributed by atoms with Gasteiger partial charge in [-0.1, -0.05) is 0 Å². The number of amides is 1. The number of rotatable bonds is 6. The molecule has 7 heteroatoms. The van der Waals surface area contributed by atoms with Crippen molar-refractivity contribution >= 4 is 11.9 Å². The van der Waals surface area contributed by atoms with Crippen LogP contribution in [0.3, 0.4) is 0 Å². The van der Waals surface area contributed by atoms with E-state index in [1.165, 1.54) is 6.92 Å². The fourth-order valence-corrected chi connectivity index (χ4v) is 2.34. The summed E-state index contributed by atoms with van der Waals surface area (Å²) in [5, 5.41) is 22.5. The van der Waals surface area contributed by atoms with Crippen molar-refractivity contribution in [2.75, 3.05) is 24.5 Å². The van der Waals surface area contributed by atoms with E-state index in [0.717, 1.165) is 25.9 Å². The Balaban J connectivity index is 1.89. The third-order valence-electron chi connectivity index (χ3n) is 3.57. The molecule has 116 valence electrons. The maximum Gasteiger partial charge on any atom is 0.225 e. The summed E-state index contributed by atoms with van der Waals surface area (Å²) < 4.78 is 0. The minimum atomic E-state index is -1.05. The van der Waals surface area contributed by atoms with Gasteiger partial charge in [-0.3, -0.25) is 4.79 Å². The number of aromatic nitrogens is 2. The van der Waals surface area contributed by atoms with Crippen LogP contribution in [0.25, 0.3) is 0 Å². The van der Waals surface area contributed by atoms with Gasteiger partial charge in [0.15, 0.2) is 0 Å². The van der Waals surface area contributed by atoms with Gasteiger partial charge < -0.3 is 20.4 Å². The normalized spacial score (nSPS) is 17.6. The van der Waals surface area contributed by atoms with Crippen molar-refractivity contribution in [3.05, 3.63) is 18.0 Å². The molecule has 21 heavy (non-hydrogen) atoms. The SMILES string of the molecule is CC(=O)NCCC(O)C(O)c1cnc(N2CCCC2)nc1. The largest absolute Gasteiger partial charge is 0.390 e. The van der Waals surface area contributed by atoms with Gasteiger partial charge in [0.25, 0.3) is 0 Å². The Labute approximate surface area is 124 Å². The molecule has 1 aliphatic heterocycles. The van der Waals surface area contributed by atoms with Crippen LogP contribution in [0.5, 0.6) is 0 Å². The van der Waals surface area contributed by atoms with Gasteiger partial charge in [0.2, 0.25) is 11.9 Å². The highest BCUT2D eigenvalue weighted by molar-refractivity contribution is 5.72. The van der Waals surface area contributed by atoms with Crippen LogP contribution in [0.2, 0.25) is 0 Å². The predicted molar refractivity (Wildman–Crippen MR) is 77.7 cm³/mol. The molecule has 1 aliphatic rings. The molecule has 1 aromatic rings. The third kappa shape index (κ3) is 4.37. The van der Waals surface area contributed by atoms with Crippen molar-refractivity contribution in [1.82, 2.24) is 15.3 Å². The van der Waals surface area contributed by atoms with Crippen LogP contribution in [-0.2, 0) is 4.79 Å². The molecular formula is C14H22N4O3. The number of aliphatic hydroxyl groups is 2. The predicted octanol–water partition coefficient (Wildman–Crippen LogP) is -0.00270. The maximum absolute atomic E-state index is 10.7. The molecule has 2 heterocycles. The van der Waals surface area contributed by atoms with Crippen LogP contribution in [0, 0.1) is 0 Å². The van der Waals surface area contributed by atoms with E-state index in [-0.39, 0.29) is 12.3 Å². The molecule has 1 aromatic heterocycles. The lowest BCUT2D eigenvalue weighted by atomic mass is 10.1. The molecule has 0 saturated carbocycles. The summed E-state index contributed by atoms with van der Waals surface area (Å²) in [7, 11) is 0. The zero-order chi connectivity index (χ0) is 15.2. The Morgan fingerprint density at radius 3 is 2.52 bits per heavy atom. The summed E-state index contributed by atoms with van der Waals surface area (Å²) in [6, 6.07) is 0. The van der Waals surface area contributed by atoms with Crippen LogP contribution in [0.4, 0.5) is 5.95 Å². The van der Waals surface area contributed by atoms with Crippen molar-refractivity contribution in [2.24, 2.45) is 0 Å². The Hall–Kier alpha value is -1.73. The smallest absolute Gasteiger partial charge is 0.225 e. The standard InChI is InChI=1S/C14H22N4O3/c1-10(19)15-5-4-12(20)13(21)11-8-16-14(17-9-11)18-6-2-3-7-18/h8-9,12-13,20-21H,2-7H2,1H3,(H,15,19). The first kappa shape index (κ1) is 15.7. The van der Waals surface area contributed by atoms with Crippen molar-refractivity contribution < 1.29 is 15.0 Å². The summed E-state index contributed by atoms with van der Waals surface area (Å²) >= 11 is 0. The van der Waals surface area contributed by atoms with Gasteiger partial charge in [-0.25, -0.2) is 9.97 Å². The van der Waals surface area contributed by atoms with Crippen LogP contribution >= 0.6 is 0 Å². The average molecular weight is 294 g/mol. The van der Waals surface area contributed by atoms with Crippen molar-refractivity contribution in [3.8, 4) is 0 Å². The Kier molecular flexibility index (Phi) is 5.46. The maximum atomic E-state index is 10.7. The fourth-order valence-electron chi connectivity index (χ4n) is 2.34. The minimum absolute atomic E-state index is 0.157. The first-order chi connectivity index (χ1) is 10.1. The number of hydrogen-bond acceptors (Lipinski definition) is 6. The molecule has 0 spiro atoms. The number of anilines is 1. The number of nitrogens with zero attached hydrogens (tertiary/aromatic N) is 3. The van der Waals surface area contributed by atoms with E-state index < -0.39 is 12.2 Å². The monoisotopic (exact) mass is 294 g/mol. The summed E-state index contributed by atoms with van der Waals surface area (Å²) in [6.07, 6.45) is 3.66. The van der Waals surface area contributed by atoms with E-state index in [1.54, 1.807) is 12.4 Å². The number of nitrogens with one attached hydrogen (secondary N) is 1. The third-order valence-corrected chi connectivity index (χ3v) is 3.57. The molecule has 2 atom stereocenters. The molecule has 2 rings (SSSR count). The van der Waals surface area contributed by atoms with Crippen molar-refractivity contribution in [2.45, 2.75) is 38.4 Å². The second kappa shape index (κ2) is 7.33. The molecule has 0 bridgehead atoms. The van der Waals surface area contributed by atoms with Crippen LogP contribution in [0.15, 0.2) is 12.4 Å². The number of carbonyl (C=O) groups excluding carboxylic acids is 1. The van der Waals surface area contributed by atoms with E-state index in [2.05, 4.69) is 20.2 Å². The second-order valence-corrected chi connectivity index (χ2v) is 5.29. The van der Waals surface area contributed by atoms with Gasteiger partial charge in [-0.05, 0) is 19.3 Å². The average Bonchev–Trinajstić information content (AvgIpc) is 3.00. The lowest BCUT2D eigenvalue weighted by Crippen LogP contribution is -2.28. The van der Waals surface area contributed by atoms with Crippen molar-refractivity contribution in [1.29, 1.82) is 0 Å². The highest BCUT2D eigenvalue weighted by atomic mass is 16.3. The molecule has 2 unspecified atom stereocenters. The van der Waals surface area contributed by atoms with Gasteiger partial charge in [0.05, 0.1) is 6.10 Å². The first-order valence-corrected chi connectivity index (χ1v) is 7.25. The molecule has 1 fully saturated rings. The summed E-state index contributed by atoms with van der Waals surface area (Å²) in [6.45, 7) is 3.65. The quantitative estimate of drug-likeness (QED) is 0.683.